The van der Waals surface area contributed by atoms with E-state index in [-0.39, 0.29) is 0 Å². The van der Waals surface area contributed by atoms with Crippen LogP contribution in [-0.2, 0) is 16.1 Å². The van der Waals surface area contributed by atoms with Crippen LogP contribution in [0.5, 0.6) is 0 Å². The summed E-state index contributed by atoms with van der Waals surface area (Å²) in [6.07, 6.45) is 4.26. The lowest BCUT2D eigenvalue weighted by Crippen LogP contribution is -2.37. The summed E-state index contributed by atoms with van der Waals surface area (Å²) >= 11 is 0. The molecule has 2 rings (SSSR count). The van der Waals surface area contributed by atoms with Crippen LogP contribution < -0.4 is 0 Å². The number of aldehydes is 1. The van der Waals surface area contributed by atoms with Gasteiger partial charge in [0.15, 0.2) is 0 Å². The van der Waals surface area contributed by atoms with Gasteiger partial charge in [-0.15, -0.1) is 5.10 Å². The molecule has 1 atom stereocenters. The molecule has 0 saturated heterocycles. The zero-order chi connectivity index (χ0) is 15.6. The predicted molar refractivity (Wildman–Crippen MR) is 75.5 cm³/mol. The van der Waals surface area contributed by atoms with Gasteiger partial charge in [-0.1, -0.05) is 5.21 Å². The van der Waals surface area contributed by atoms with E-state index in [9.17, 15) is 9.59 Å². The van der Waals surface area contributed by atoms with Crippen molar-refractivity contribution < 1.29 is 14.3 Å². The van der Waals surface area contributed by atoms with Gasteiger partial charge in [-0.3, -0.25) is 9.58 Å². The van der Waals surface area contributed by atoms with Crippen LogP contribution in [0, 0.1) is 5.92 Å². The van der Waals surface area contributed by atoms with Crippen LogP contribution in [0.15, 0.2) is 6.20 Å². The minimum Gasteiger partial charge on any atom is -0.444 e. The van der Waals surface area contributed by atoms with Crippen molar-refractivity contribution in [3.05, 3.63) is 11.9 Å². The van der Waals surface area contributed by atoms with E-state index in [4.69, 9.17) is 4.74 Å². The van der Waals surface area contributed by atoms with Gasteiger partial charge in [0.05, 0.1) is 6.20 Å². The molecule has 0 aromatic carbocycles. The van der Waals surface area contributed by atoms with Crippen molar-refractivity contribution >= 4 is 12.4 Å². The Balaban J connectivity index is 2.05. The molecule has 1 amide bonds. The highest BCUT2D eigenvalue weighted by molar-refractivity contribution is 5.74. The van der Waals surface area contributed by atoms with Gasteiger partial charge in [-0.25, -0.2) is 4.79 Å². The molecule has 1 aromatic rings. The number of carbonyl (C=O) groups is 2. The zero-order valence-corrected chi connectivity index (χ0v) is 12.9. The van der Waals surface area contributed by atoms with Gasteiger partial charge in [0.2, 0.25) is 0 Å². The molecule has 1 aromatic heterocycles. The number of rotatable bonds is 5. The van der Waals surface area contributed by atoms with Crippen LogP contribution in [0.25, 0.3) is 0 Å². The number of likely N-dealkylation sites (N-methyl/N-ethyl adjacent to an activating group) is 1. The van der Waals surface area contributed by atoms with Gasteiger partial charge < -0.3 is 9.53 Å². The van der Waals surface area contributed by atoms with Gasteiger partial charge in [-0.2, -0.15) is 0 Å². The molecule has 1 fully saturated rings. The Kier molecular flexibility index (Phi) is 4.29. The zero-order valence-electron chi connectivity index (χ0n) is 12.9. The molecule has 21 heavy (non-hydrogen) atoms. The van der Waals surface area contributed by atoms with Crippen molar-refractivity contribution in [1.82, 2.24) is 19.9 Å². The first-order valence-electron chi connectivity index (χ1n) is 7.11. The van der Waals surface area contributed by atoms with E-state index in [1.54, 1.807) is 31.6 Å². The number of hydrogen-bond donors (Lipinski definition) is 0. The van der Waals surface area contributed by atoms with Gasteiger partial charge >= 0.3 is 6.09 Å². The molecular weight excluding hydrogens is 272 g/mol. The van der Waals surface area contributed by atoms with Gasteiger partial charge in [0, 0.05) is 13.6 Å². The lowest BCUT2D eigenvalue weighted by atomic mass is 10.2. The van der Waals surface area contributed by atoms with E-state index in [0.717, 1.165) is 6.54 Å². The second kappa shape index (κ2) is 5.83. The topological polar surface area (TPSA) is 77.3 Å². The molecule has 0 aliphatic heterocycles. The number of carbonyl (C=O) groups excluding carboxylic acids is 2. The number of amides is 1. The number of nitrogens with zero attached hydrogens (tertiary/aromatic N) is 4. The Hall–Kier alpha value is -1.92. The van der Waals surface area contributed by atoms with Gasteiger partial charge in [0.25, 0.3) is 0 Å². The van der Waals surface area contributed by atoms with Crippen LogP contribution in [0.1, 0.15) is 45.3 Å². The average Bonchev–Trinajstić information content (AvgIpc) is 3.06. The van der Waals surface area contributed by atoms with Gasteiger partial charge in [-0.05, 0) is 39.5 Å². The van der Waals surface area contributed by atoms with Crippen LogP contribution in [0.2, 0.25) is 0 Å². The highest BCUT2D eigenvalue weighted by atomic mass is 16.6. The lowest BCUT2D eigenvalue weighted by molar-refractivity contribution is -0.112. The van der Waals surface area contributed by atoms with E-state index >= 15 is 0 Å². The first-order valence-corrected chi connectivity index (χ1v) is 7.11. The summed E-state index contributed by atoms with van der Waals surface area (Å²) in [5.41, 5.74) is -0.151. The molecule has 116 valence electrons. The maximum atomic E-state index is 12.0. The SMILES string of the molecule is CN(C(=O)OC(C)(C)C)C(C=O)c1cn(CC2CC2)nn1. The van der Waals surface area contributed by atoms with Crippen molar-refractivity contribution in [1.29, 1.82) is 0 Å². The summed E-state index contributed by atoms with van der Waals surface area (Å²) < 4.78 is 6.99. The van der Waals surface area contributed by atoms with Crippen molar-refractivity contribution in [3.63, 3.8) is 0 Å². The molecule has 1 aliphatic rings. The minimum atomic E-state index is -0.784. The van der Waals surface area contributed by atoms with Crippen LogP contribution in [0.4, 0.5) is 4.79 Å². The van der Waals surface area contributed by atoms with Gasteiger partial charge in [0.1, 0.15) is 23.6 Å². The van der Waals surface area contributed by atoms with Crippen molar-refractivity contribution in [2.75, 3.05) is 7.05 Å². The normalized spacial score (nSPS) is 16.4. The molecular formula is C14H22N4O3. The second-order valence-electron chi connectivity index (χ2n) is 6.48. The van der Waals surface area contributed by atoms with Crippen LogP contribution in [-0.4, -0.2) is 44.9 Å². The van der Waals surface area contributed by atoms with E-state index in [1.165, 1.54) is 24.8 Å². The molecule has 1 heterocycles. The van der Waals surface area contributed by atoms with Crippen molar-refractivity contribution in [2.24, 2.45) is 5.92 Å². The number of ether oxygens (including phenoxy) is 1. The van der Waals surface area contributed by atoms with E-state index < -0.39 is 17.7 Å². The first kappa shape index (κ1) is 15.5. The van der Waals surface area contributed by atoms with Crippen molar-refractivity contribution in [3.8, 4) is 0 Å². The van der Waals surface area contributed by atoms with Crippen LogP contribution in [0.3, 0.4) is 0 Å². The summed E-state index contributed by atoms with van der Waals surface area (Å²) in [5, 5.41) is 8.01. The molecule has 1 saturated carbocycles. The fraction of sp³-hybridized carbons (Fsp3) is 0.714. The summed E-state index contributed by atoms with van der Waals surface area (Å²) in [6, 6.07) is -0.784. The number of aromatic nitrogens is 3. The Labute approximate surface area is 124 Å². The second-order valence-corrected chi connectivity index (χ2v) is 6.48. The van der Waals surface area contributed by atoms with E-state index in [2.05, 4.69) is 10.3 Å². The maximum Gasteiger partial charge on any atom is 0.410 e. The third-order valence-electron chi connectivity index (χ3n) is 3.23. The monoisotopic (exact) mass is 294 g/mol. The first-order chi connectivity index (χ1) is 9.80. The highest BCUT2D eigenvalue weighted by Gasteiger charge is 2.29. The summed E-state index contributed by atoms with van der Waals surface area (Å²) in [6.45, 7) is 6.15. The quantitative estimate of drug-likeness (QED) is 0.774. The minimum absolute atomic E-state index is 0.457. The molecule has 0 N–H and O–H groups in total. The Morgan fingerprint density at radius 2 is 2.24 bits per heavy atom. The Morgan fingerprint density at radius 3 is 2.76 bits per heavy atom. The summed E-state index contributed by atoms with van der Waals surface area (Å²) in [7, 11) is 1.52. The smallest absolute Gasteiger partial charge is 0.410 e. The largest absolute Gasteiger partial charge is 0.444 e. The third-order valence-corrected chi connectivity index (χ3v) is 3.23. The molecule has 1 aliphatic carbocycles. The summed E-state index contributed by atoms with van der Waals surface area (Å²) in [4.78, 5) is 24.6. The predicted octanol–water partition coefficient (Wildman–Crippen LogP) is 1.79. The molecule has 0 spiro atoms. The van der Waals surface area contributed by atoms with E-state index in [0.29, 0.717) is 17.9 Å². The fourth-order valence-electron chi connectivity index (χ4n) is 1.91. The van der Waals surface area contributed by atoms with E-state index in [1.807, 2.05) is 0 Å². The molecule has 7 heteroatoms. The highest BCUT2D eigenvalue weighted by Crippen LogP contribution is 2.30. The van der Waals surface area contributed by atoms with Crippen LogP contribution >= 0.6 is 0 Å². The molecule has 0 radical (unpaired) electrons. The molecule has 7 nitrogen and oxygen atoms in total. The lowest BCUT2D eigenvalue weighted by Gasteiger charge is -2.27. The number of hydrogen-bond acceptors (Lipinski definition) is 5. The molecule has 0 bridgehead atoms. The summed E-state index contributed by atoms with van der Waals surface area (Å²) in [5.74, 6) is 0.665. The molecule has 1 unspecified atom stereocenters. The standard InChI is InChI=1S/C14H22N4O3/c1-14(2,3)21-13(20)17(4)12(9-19)11-8-18(16-15-11)7-10-5-6-10/h8-10,12H,5-7H2,1-4H3. The Morgan fingerprint density at radius 1 is 1.57 bits per heavy atom. The fourth-order valence-corrected chi connectivity index (χ4v) is 1.91. The van der Waals surface area contributed by atoms with Crippen molar-refractivity contribution in [2.45, 2.75) is 51.8 Å². The third kappa shape index (κ3) is 4.27. The average molecular weight is 294 g/mol. The Bertz CT molecular complexity index is 517. The maximum absolute atomic E-state index is 12.0.